The molecule has 0 bridgehead atoms. The average Bonchev–Trinajstić information content (AvgIpc) is 2.63. The molecule has 0 saturated carbocycles. The zero-order chi connectivity index (χ0) is 16.1. The van der Waals surface area contributed by atoms with Gasteiger partial charge in [-0.1, -0.05) is 29.8 Å². The van der Waals surface area contributed by atoms with E-state index in [2.05, 4.69) is 20.3 Å². The van der Waals surface area contributed by atoms with E-state index in [0.717, 1.165) is 44.1 Å². The minimum Gasteiger partial charge on any atom is -0.339 e. The fourth-order valence-electron chi connectivity index (χ4n) is 3.15. The quantitative estimate of drug-likeness (QED) is 0.454. The highest BCUT2D eigenvalue weighted by Gasteiger charge is 2.13. The number of benzene rings is 3. The Morgan fingerprint density at radius 3 is 2.42 bits per heavy atom. The van der Waals surface area contributed by atoms with Crippen molar-refractivity contribution in [3.05, 3.63) is 66.1 Å². The summed E-state index contributed by atoms with van der Waals surface area (Å²) in [6, 6.07) is 15.7. The van der Waals surface area contributed by atoms with Gasteiger partial charge in [-0.3, -0.25) is 0 Å². The number of rotatable bonds is 2. The lowest BCUT2D eigenvalue weighted by molar-refractivity contribution is 1.26. The van der Waals surface area contributed by atoms with Gasteiger partial charge < -0.3 is 5.32 Å². The van der Waals surface area contributed by atoms with Crippen molar-refractivity contribution in [2.24, 2.45) is 0 Å². The Bertz CT molecular complexity index is 1190. The fourth-order valence-corrected chi connectivity index (χ4v) is 3.34. The molecule has 5 heteroatoms. The molecule has 0 aliphatic rings. The maximum atomic E-state index is 6.27. The van der Waals surface area contributed by atoms with E-state index in [0.29, 0.717) is 5.02 Å². The summed E-state index contributed by atoms with van der Waals surface area (Å²) in [5.41, 5.74) is 2.71. The van der Waals surface area contributed by atoms with Crippen LogP contribution in [0.4, 0.5) is 11.5 Å². The normalized spacial score (nSPS) is 11.5. The summed E-state index contributed by atoms with van der Waals surface area (Å²) in [5, 5.41) is 8.29. The molecule has 2 aromatic heterocycles. The Hall–Kier alpha value is -2.98. The van der Waals surface area contributed by atoms with Crippen molar-refractivity contribution in [2.75, 3.05) is 5.32 Å². The monoisotopic (exact) mass is 330 g/mol. The molecule has 0 fully saturated rings. The lowest BCUT2D eigenvalue weighted by Crippen LogP contribution is -1.97. The van der Waals surface area contributed by atoms with Crippen LogP contribution in [0.3, 0.4) is 0 Å². The summed E-state index contributed by atoms with van der Waals surface area (Å²) in [5.74, 6) is 0.772. The molecular formula is C19H11ClN4. The van der Waals surface area contributed by atoms with E-state index in [-0.39, 0.29) is 0 Å². The maximum Gasteiger partial charge on any atom is 0.138 e. The first-order valence-electron chi connectivity index (χ1n) is 7.57. The van der Waals surface area contributed by atoms with E-state index in [9.17, 15) is 0 Å². The van der Waals surface area contributed by atoms with Crippen molar-refractivity contribution in [3.63, 3.8) is 0 Å². The molecule has 0 aliphatic heterocycles. The molecule has 1 N–H and O–H groups in total. The molecule has 0 aliphatic carbocycles. The predicted octanol–water partition coefficient (Wildman–Crippen LogP) is 5.17. The predicted molar refractivity (Wildman–Crippen MR) is 98.3 cm³/mol. The lowest BCUT2D eigenvalue weighted by atomic mass is 10.0. The summed E-state index contributed by atoms with van der Waals surface area (Å²) < 4.78 is 0. The van der Waals surface area contributed by atoms with Gasteiger partial charge in [-0.2, -0.15) is 0 Å². The molecular weight excluding hydrogens is 320 g/mol. The van der Waals surface area contributed by atoms with Crippen LogP contribution in [-0.4, -0.2) is 15.0 Å². The van der Waals surface area contributed by atoms with Gasteiger partial charge in [-0.25, -0.2) is 15.0 Å². The van der Waals surface area contributed by atoms with Crippen LogP contribution in [0.1, 0.15) is 0 Å². The van der Waals surface area contributed by atoms with E-state index < -0.39 is 0 Å². The highest BCUT2D eigenvalue weighted by atomic mass is 35.5. The van der Waals surface area contributed by atoms with E-state index in [1.54, 1.807) is 6.33 Å². The van der Waals surface area contributed by atoms with E-state index in [1.807, 2.05) is 54.7 Å². The molecule has 3 aromatic carbocycles. The second-order valence-electron chi connectivity index (χ2n) is 5.64. The second kappa shape index (κ2) is 5.01. The van der Waals surface area contributed by atoms with Gasteiger partial charge in [0, 0.05) is 27.7 Å². The van der Waals surface area contributed by atoms with Crippen LogP contribution in [0.5, 0.6) is 0 Å². The first-order valence-corrected chi connectivity index (χ1v) is 7.95. The maximum absolute atomic E-state index is 6.27. The van der Waals surface area contributed by atoms with Gasteiger partial charge in [-0.05, 0) is 30.3 Å². The lowest BCUT2D eigenvalue weighted by Gasteiger charge is -2.14. The van der Waals surface area contributed by atoms with Crippen LogP contribution in [0.25, 0.3) is 32.6 Å². The minimum absolute atomic E-state index is 0.660. The summed E-state index contributed by atoms with van der Waals surface area (Å²) >= 11 is 6.27. The number of pyridine rings is 1. The summed E-state index contributed by atoms with van der Waals surface area (Å²) in [4.78, 5) is 13.4. The number of hydrogen-bond donors (Lipinski definition) is 1. The average molecular weight is 331 g/mol. The number of aromatic nitrogens is 3. The molecule has 0 radical (unpaired) electrons. The number of nitrogens with zero attached hydrogens (tertiary/aromatic N) is 3. The van der Waals surface area contributed by atoms with Gasteiger partial charge in [-0.15, -0.1) is 0 Å². The van der Waals surface area contributed by atoms with Crippen molar-refractivity contribution in [1.82, 2.24) is 15.0 Å². The Kier molecular flexibility index (Phi) is 2.81. The fraction of sp³-hybridized carbons (Fsp3) is 0. The number of para-hydroxylation sites is 1. The van der Waals surface area contributed by atoms with Crippen molar-refractivity contribution < 1.29 is 0 Å². The van der Waals surface area contributed by atoms with Gasteiger partial charge in [0.25, 0.3) is 0 Å². The third-order valence-electron chi connectivity index (χ3n) is 4.26. The third-order valence-corrected chi connectivity index (χ3v) is 4.59. The van der Waals surface area contributed by atoms with Crippen LogP contribution in [-0.2, 0) is 0 Å². The zero-order valence-electron chi connectivity index (χ0n) is 12.5. The third kappa shape index (κ3) is 1.90. The first kappa shape index (κ1) is 13.5. The van der Waals surface area contributed by atoms with Gasteiger partial charge in [0.05, 0.1) is 21.7 Å². The molecule has 0 saturated heterocycles. The van der Waals surface area contributed by atoms with Crippen molar-refractivity contribution in [1.29, 1.82) is 0 Å². The van der Waals surface area contributed by atoms with Crippen molar-refractivity contribution in [2.45, 2.75) is 0 Å². The topological polar surface area (TPSA) is 50.7 Å². The summed E-state index contributed by atoms with van der Waals surface area (Å²) in [6.45, 7) is 0. The molecule has 24 heavy (non-hydrogen) atoms. The molecule has 5 aromatic rings. The minimum atomic E-state index is 0.660. The molecule has 2 heterocycles. The van der Waals surface area contributed by atoms with E-state index in [1.165, 1.54) is 0 Å². The van der Waals surface area contributed by atoms with Crippen molar-refractivity contribution >= 4 is 55.7 Å². The Morgan fingerprint density at radius 2 is 1.58 bits per heavy atom. The highest BCUT2D eigenvalue weighted by Crippen LogP contribution is 2.36. The number of nitrogens with one attached hydrogen (secondary N) is 1. The summed E-state index contributed by atoms with van der Waals surface area (Å²) in [6.07, 6.45) is 3.47. The smallest absolute Gasteiger partial charge is 0.138 e. The van der Waals surface area contributed by atoms with Crippen LogP contribution in [0, 0.1) is 0 Å². The zero-order valence-corrected chi connectivity index (χ0v) is 13.2. The molecule has 0 amide bonds. The first-order chi connectivity index (χ1) is 11.8. The van der Waals surface area contributed by atoms with Gasteiger partial charge in [0.15, 0.2) is 0 Å². The number of halogens is 1. The molecule has 0 spiro atoms. The molecule has 5 rings (SSSR count). The highest BCUT2D eigenvalue weighted by molar-refractivity contribution is 6.33. The van der Waals surface area contributed by atoms with Crippen LogP contribution in [0.2, 0.25) is 5.02 Å². The van der Waals surface area contributed by atoms with Crippen LogP contribution in [0.15, 0.2) is 61.1 Å². The van der Waals surface area contributed by atoms with E-state index >= 15 is 0 Å². The molecule has 0 unspecified atom stereocenters. The molecule has 4 nitrogen and oxygen atoms in total. The molecule has 0 atom stereocenters. The Labute approximate surface area is 142 Å². The van der Waals surface area contributed by atoms with Gasteiger partial charge in [0.1, 0.15) is 12.1 Å². The van der Waals surface area contributed by atoms with Crippen LogP contribution >= 0.6 is 11.6 Å². The summed E-state index contributed by atoms with van der Waals surface area (Å²) in [7, 11) is 0. The Balaban J connectivity index is 1.83. The standard InChI is InChI=1S/C19H11ClN4/c20-13-3-1-2-4-14(13)24-19-12-6-8-16-18-15(22-10-23-16)7-5-11(9-21-19)17(12)18/h1-10H,(H,21,24). The van der Waals surface area contributed by atoms with Gasteiger partial charge in [0.2, 0.25) is 0 Å². The number of hydrogen-bond acceptors (Lipinski definition) is 4. The Morgan fingerprint density at radius 1 is 0.792 bits per heavy atom. The van der Waals surface area contributed by atoms with Crippen LogP contribution < -0.4 is 5.32 Å². The van der Waals surface area contributed by atoms with E-state index in [4.69, 9.17) is 11.6 Å². The van der Waals surface area contributed by atoms with Crippen molar-refractivity contribution in [3.8, 4) is 0 Å². The molecule has 114 valence electrons. The SMILES string of the molecule is Clc1ccccc1Nc1ncc2ccc3ncnc4ccc1c2c34. The second-order valence-corrected chi connectivity index (χ2v) is 6.05. The number of anilines is 2. The van der Waals surface area contributed by atoms with Gasteiger partial charge >= 0.3 is 0 Å². The largest absolute Gasteiger partial charge is 0.339 e.